The molecule has 0 bridgehead atoms. The first-order valence-electron chi connectivity index (χ1n) is 8.01. The summed E-state index contributed by atoms with van der Waals surface area (Å²) in [6.45, 7) is 0.723. The van der Waals surface area contributed by atoms with Gasteiger partial charge in [0.15, 0.2) is 0 Å². The van der Waals surface area contributed by atoms with Gasteiger partial charge in [-0.15, -0.1) is 11.3 Å². The van der Waals surface area contributed by atoms with Gasteiger partial charge in [0.05, 0.1) is 7.11 Å². The number of ether oxygens (including phenoxy) is 1. The summed E-state index contributed by atoms with van der Waals surface area (Å²) in [5.74, 6) is 2.84. The van der Waals surface area contributed by atoms with Gasteiger partial charge in [-0.1, -0.05) is 6.07 Å². The van der Waals surface area contributed by atoms with Crippen molar-refractivity contribution < 1.29 is 4.74 Å². The van der Waals surface area contributed by atoms with Crippen LogP contribution in [0.25, 0.3) is 0 Å². The topological polar surface area (TPSA) is 92.8 Å². The van der Waals surface area contributed by atoms with Crippen LogP contribution < -0.4 is 15.6 Å². The zero-order chi connectivity index (χ0) is 18.2. The molecule has 136 valence electrons. The minimum absolute atomic E-state index is 0.145. The van der Waals surface area contributed by atoms with Gasteiger partial charge >= 0.3 is 0 Å². The zero-order valence-corrected chi connectivity index (χ0v) is 15.9. The first kappa shape index (κ1) is 18.4. The minimum Gasteiger partial charge on any atom is -0.481 e. The van der Waals surface area contributed by atoms with E-state index in [2.05, 4.69) is 25.3 Å². The Morgan fingerprint density at radius 2 is 2.19 bits per heavy atom. The van der Waals surface area contributed by atoms with E-state index in [4.69, 9.17) is 4.74 Å². The van der Waals surface area contributed by atoms with Crippen LogP contribution in [0.15, 0.2) is 40.9 Å². The maximum atomic E-state index is 12.2. The summed E-state index contributed by atoms with van der Waals surface area (Å²) in [6, 6.07) is 3.66. The fourth-order valence-electron chi connectivity index (χ4n) is 2.22. The van der Waals surface area contributed by atoms with Gasteiger partial charge in [0.25, 0.3) is 5.56 Å². The third-order valence-electron chi connectivity index (χ3n) is 3.52. The van der Waals surface area contributed by atoms with E-state index in [0.717, 1.165) is 28.6 Å². The molecule has 7 nitrogen and oxygen atoms in total. The first-order valence-corrected chi connectivity index (χ1v) is 10.0. The smallest absolute Gasteiger partial charge is 0.255 e. The van der Waals surface area contributed by atoms with E-state index < -0.39 is 0 Å². The Bertz CT molecular complexity index is 866. The van der Waals surface area contributed by atoms with Gasteiger partial charge in [0, 0.05) is 60.1 Å². The molecule has 3 rings (SSSR count). The SMILES string of the molecule is COc1ccc(Cc2cnc(NCCSCc3nccs3)[nH]c2=O)cn1. The maximum absolute atomic E-state index is 12.2. The molecule has 0 aliphatic rings. The van der Waals surface area contributed by atoms with Crippen molar-refractivity contribution in [3.63, 3.8) is 0 Å². The average Bonchev–Trinajstić information content (AvgIpc) is 3.18. The van der Waals surface area contributed by atoms with Gasteiger partial charge in [0.1, 0.15) is 5.01 Å². The van der Waals surface area contributed by atoms with Crippen LogP contribution in [0.5, 0.6) is 5.88 Å². The van der Waals surface area contributed by atoms with E-state index in [9.17, 15) is 4.79 Å². The predicted molar refractivity (Wildman–Crippen MR) is 105 cm³/mol. The normalized spacial score (nSPS) is 10.7. The molecule has 0 aliphatic heterocycles. The molecule has 0 saturated heterocycles. The second kappa shape index (κ2) is 9.35. The highest BCUT2D eigenvalue weighted by atomic mass is 32.2. The molecule has 0 radical (unpaired) electrons. The van der Waals surface area contributed by atoms with Crippen molar-refractivity contribution in [1.29, 1.82) is 0 Å². The van der Waals surface area contributed by atoms with Crippen molar-refractivity contribution in [3.8, 4) is 5.88 Å². The summed E-state index contributed by atoms with van der Waals surface area (Å²) in [4.78, 5) is 27.7. The second-order valence-corrected chi connectivity index (χ2v) is 7.46. The number of H-pyrrole nitrogens is 1. The largest absolute Gasteiger partial charge is 0.481 e. The lowest BCUT2D eigenvalue weighted by molar-refractivity contribution is 0.397. The third kappa shape index (κ3) is 5.30. The molecule has 0 aromatic carbocycles. The highest BCUT2D eigenvalue weighted by Crippen LogP contribution is 2.14. The van der Waals surface area contributed by atoms with Crippen molar-refractivity contribution in [2.45, 2.75) is 12.2 Å². The van der Waals surface area contributed by atoms with Gasteiger partial charge < -0.3 is 10.1 Å². The van der Waals surface area contributed by atoms with E-state index in [0.29, 0.717) is 23.8 Å². The van der Waals surface area contributed by atoms with E-state index in [1.54, 1.807) is 48.7 Å². The molecular weight excluding hydrogens is 370 g/mol. The lowest BCUT2D eigenvalue weighted by Gasteiger charge is -2.06. The van der Waals surface area contributed by atoms with Gasteiger partial charge in [-0.05, 0) is 5.56 Å². The Morgan fingerprint density at radius 1 is 1.27 bits per heavy atom. The van der Waals surface area contributed by atoms with E-state index in [1.807, 2.05) is 17.6 Å². The second-order valence-electron chi connectivity index (χ2n) is 5.38. The van der Waals surface area contributed by atoms with E-state index in [1.165, 1.54) is 0 Å². The molecule has 0 spiro atoms. The molecular formula is C17H19N5O2S2. The lowest BCUT2D eigenvalue weighted by atomic mass is 10.1. The van der Waals surface area contributed by atoms with Gasteiger partial charge in [-0.3, -0.25) is 9.78 Å². The summed E-state index contributed by atoms with van der Waals surface area (Å²) in [5.41, 5.74) is 1.38. The van der Waals surface area contributed by atoms with Crippen LogP contribution in [0.1, 0.15) is 16.1 Å². The van der Waals surface area contributed by atoms with E-state index >= 15 is 0 Å². The molecule has 2 N–H and O–H groups in total. The van der Waals surface area contributed by atoms with Crippen LogP contribution in [0.4, 0.5) is 5.95 Å². The molecule has 0 aliphatic carbocycles. The minimum atomic E-state index is -0.145. The molecule has 3 aromatic rings. The van der Waals surface area contributed by atoms with Crippen molar-refractivity contribution in [1.82, 2.24) is 19.9 Å². The fraction of sp³-hybridized carbons (Fsp3) is 0.294. The van der Waals surface area contributed by atoms with Gasteiger partial charge in [0.2, 0.25) is 11.8 Å². The zero-order valence-electron chi connectivity index (χ0n) is 14.3. The summed E-state index contributed by atoms with van der Waals surface area (Å²) >= 11 is 3.45. The highest BCUT2D eigenvalue weighted by Gasteiger charge is 2.05. The highest BCUT2D eigenvalue weighted by molar-refractivity contribution is 7.98. The first-order chi connectivity index (χ1) is 12.7. The summed E-state index contributed by atoms with van der Waals surface area (Å²) in [6.07, 6.45) is 5.60. The molecule has 3 heterocycles. The van der Waals surface area contributed by atoms with Crippen molar-refractivity contribution >= 4 is 29.0 Å². The van der Waals surface area contributed by atoms with Crippen molar-refractivity contribution in [2.75, 3.05) is 24.7 Å². The summed E-state index contributed by atoms with van der Waals surface area (Å²) in [5, 5.41) is 6.24. The van der Waals surface area contributed by atoms with Crippen molar-refractivity contribution in [2.24, 2.45) is 0 Å². The fourth-order valence-corrected chi connectivity index (χ4v) is 3.78. The Hall–Kier alpha value is -2.39. The molecule has 26 heavy (non-hydrogen) atoms. The van der Waals surface area contributed by atoms with Crippen LogP contribution >= 0.6 is 23.1 Å². The maximum Gasteiger partial charge on any atom is 0.255 e. The van der Waals surface area contributed by atoms with Gasteiger partial charge in [-0.2, -0.15) is 11.8 Å². The summed E-state index contributed by atoms with van der Waals surface area (Å²) < 4.78 is 5.03. The van der Waals surface area contributed by atoms with Crippen LogP contribution in [-0.2, 0) is 12.2 Å². The number of aromatic nitrogens is 4. The molecule has 0 saturated carbocycles. The molecule has 9 heteroatoms. The Morgan fingerprint density at radius 3 is 2.88 bits per heavy atom. The van der Waals surface area contributed by atoms with E-state index in [-0.39, 0.29) is 5.56 Å². The number of anilines is 1. The van der Waals surface area contributed by atoms with Crippen LogP contribution in [0, 0.1) is 0 Å². The third-order valence-corrected chi connectivity index (χ3v) is 5.45. The van der Waals surface area contributed by atoms with Crippen LogP contribution in [-0.4, -0.2) is 39.3 Å². The number of pyridine rings is 1. The number of rotatable bonds is 9. The van der Waals surface area contributed by atoms with Crippen molar-refractivity contribution in [3.05, 3.63) is 62.6 Å². The molecule has 0 amide bonds. The average molecular weight is 390 g/mol. The number of methoxy groups -OCH3 is 1. The Balaban J connectivity index is 1.48. The number of nitrogens with zero attached hydrogens (tertiary/aromatic N) is 3. The van der Waals surface area contributed by atoms with Gasteiger partial charge in [-0.25, -0.2) is 15.0 Å². The van der Waals surface area contributed by atoms with Crippen LogP contribution in [0.3, 0.4) is 0 Å². The predicted octanol–water partition coefficient (Wildman–Crippen LogP) is 2.57. The number of hydrogen-bond donors (Lipinski definition) is 2. The quantitative estimate of drug-likeness (QED) is 0.543. The van der Waals surface area contributed by atoms with Crippen LogP contribution in [0.2, 0.25) is 0 Å². The Labute approximate surface area is 159 Å². The monoisotopic (exact) mass is 389 g/mol. The molecule has 3 aromatic heterocycles. The summed E-state index contributed by atoms with van der Waals surface area (Å²) in [7, 11) is 1.57. The molecule has 0 unspecified atom stereocenters. The number of thioether (sulfide) groups is 1. The molecule has 0 fully saturated rings. The standard InChI is InChI=1S/C17H19N5O2S2/c1-24-14-3-2-12(9-20-14)8-13-10-21-17(22-16(13)23)19-4-6-25-11-15-18-5-7-26-15/h2-3,5,7,9-10H,4,6,8,11H2,1H3,(H2,19,21,22,23). The number of thiazole rings is 1. The lowest BCUT2D eigenvalue weighted by Crippen LogP contribution is -2.18. The Kier molecular flexibility index (Phi) is 6.62. The molecule has 0 atom stereocenters. The number of nitrogens with one attached hydrogen (secondary N) is 2. The number of aromatic amines is 1. The number of hydrogen-bond acceptors (Lipinski definition) is 8.